The highest BCUT2D eigenvalue weighted by Gasteiger charge is 2.15. The normalized spacial score (nSPS) is 12.5. The van der Waals surface area contributed by atoms with Crippen molar-refractivity contribution in [3.63, 3.8) is 0 Å². The van der Waals surface area contributed by atoms with Crippen LogP contribution in [0.4, 0.5) is 0 Å². The van der Waals surface area contributed by atoms with E-state index in [1.165, 1.54) is 0 Å². The van der Waals surface area contributed by atoms with Crippen molar-refractivity contribution in [3.05, 3.63) is 63.7 Å². The summed E-state index contributed by atoms with van der Waals surface area (Å²) < 4.78 is 5.68. The third-order valence-corrected chi connectivity index (χ3v) is 3.79. The van der Waals surface area contributed by atoms with Crippen LogP contribution >= 0.6 is 11.6 Å². The molecule has 0 saturated carbocycles. The molecule has 2 rings (SSSR count). The summed E-state index contributed by atoms with van der Waals surface area (Å²) in [6.45, 7) is 7.86. The average Bonchev–Trinajstić information content (AvgIpc) is 2.41. The van der Waals surface area contributed by atoms with Gasteiger partial charge in [-0.05, 0) is 68.1 Å². The first-order valence-electron chi connectivity index (χ1n) is 7.10. The summed E-state index contributed by atoms with van der Waals surface area (Å²) >= 11 is 6.12. The molecule has 0 radical (unpaired) electrons. The maximum Gasteiger partial charge on any atom is 0.120 e. The van der Waals surface area contributed by atoms with E-state index in [4.69, 9.17) is 16.3 Å². The molecule has 0 aromatic heterocycles. The highest BCUT2D eigenvalue weighted by Crippen LogP contribution is 2.30. The quantitative estimate of drug-likeness (QED) is 0.877. The standard InChI is InChI=1S/C18H21ClO2/c1-11(2)21-15-7-5-6-14(10-15)18(20)16-8-13(4)17(19)9-12(16)3/h5-11,18,20H,1-4H3. The Labute approximate surface area is 131 Å². The number of aliphatic hydroxyl groups is 1. The number of hydrogen-bond donors (Lipinski definition) is 1. The number of benzene rings is 2. The van der Waals surface area contributed by atoms with Crippen LogP contribution in [0.15, 0.2) is 36.4 Å². The molecule has 0 aliphatic carbocycles. The maximum atomic E-state index is 10.6. The molecule has 1 unspecified atom stereocenters. The third-order valence-electron chi connectivity index (χ3n) is 3.39. The Kier molecular flexibility index (Phi) is 4.92. The predicted molar refractivity (Wildman–Crippen MR) is 87.2 cm³/mol. The second-order valence-corrected chi connectivity index (χ2v) is 6.01. The molecule has 2 nitrogen and oxygen atoms in total. The smallest absolute Gasteiger partial charge is 0.120 e. The van der Waals surface area contributed by atoms with Crippen LogP contribution in [0.2, 0.25) is 5.02 Å². The topological polar surface area (TPSA) is 29.5 Å². The zero-order valence-corrected chi connectivity index (χ0v) is 13.6. The molecule has 1 atom stereocenters. The molecule has 0 aliphatic rings. The van der Waals surface area contributed by atoms with Gasteiger partial charge in [0.2, 0.25) is 0 Å². The molecule has 0 amide bonds. The average molecular weight is 305 g/mol. The van der Waals surface area contributed by atoms with Crippen LogP contribution < -0.4 is 4.74 Å². The van der Waals surface area contributed by atoms with Crippen molar-refractivity contribution in [2.24, 2.45) is 0 Å². The lowest BCUT2D eigenvalue weighted by atomic mass is 9.95. The van der Waals surface area contributed by atoms with Crippen molar-refractivity contribution in [1.29, 1.82) is 0 Å². The van der Waals surface area contributed by atoms with Crippen LogP contribution in [-0.2, 0) is 0 Å². The SMILES string of the molecule is Cc1cc(C(O)c2cccc(OC(C)C)c2)c(C)cc1Cl. The van der Waals surface area contributed by atoms with Crippen LogP contribution in [0.25, 0.3) is 0 Å². The minimum absolute atomic E-state index is 0.108. The highest BCUT2D eigenvalue weighted by molar-refractivity contribution is 6.31. The van der Waals surface area contributed by atoms with Gasteiger partial charge in [0.05, 0.1) is 6.10 Å². The van der Waals surface area contributed by atoms with Crippen molar-refractivity contribution in [3.8, 4) is 5.75 Å². The van der Waals surface area contributed by atoms with Crippen LogP contribution in [-0.4, -0.2) is 11.2 Å². The lowest BCUT2D eigenvalue weighted by Crippen LogP contribution is -2.07. The predicted octanol–water partition coefficient (Wildman–Crippen LogP) is 4.83. The molecule has 112 valence electrons. The first kappa shape index (κ1) is 15.9. The Morgan fingerprint density at radius 2 is 1.76 bits per heavy atom. The number of aryl methyl sites for hydroxylation is 2. The third kappa shape index (κ3) is 3.78. The van der Waals surface area contributed by atoms with E-state index in [0.29, 0.717) is 0 Å². The zero-order chi connectivity index (χ0) is 15.6. The molecule has 0 bridgehead atoms. The van der Waals surface area contributed by atoms with E-state index >= 15 is 0 Å². The van der Waals surface area contributed by atoms with Gasteiger partial charge >= 0.3 is 0 Å². The second-order valence-electron chi connectivity index (χ2n) is 5.60. The van der Waals surface area contributed by atoms with Crippen LogP contribution in [0.3, 0.4) is 0 Å². The van der Waals surface area contributed by atoms with Crippen LogP contribution in [0, 0.1) is 13.8 Å². The maximum absolute atomic E-state index is 10.6. The van der Waals surface area contributed by atoms with Gasteiger partial charge in [0.25, 0.3) is 0 Å². The van der Waals surface area contributed by atoms with Crippen LogP contribution in [0.1, 0.15) is 42.2 Å². The molecular weight excluding hydrogens is 284 g/mol. The van der Waals surface area contributed by atoms with E-state index in [0.717, 1.165) is 33.0 Å². The van der Waals surface area contributed by atoms with Gasteiger partial charge in [0.1, 0.15) is 11.9 Å². The van der Waals surface area contributed by atoms with E-state index < -0.39 is 6.10 Å². The van der Waals surface area contributed by atoms with E-state index in [1.54, 1.807) is 0 Å². The van der Waals surface area contributed by atoms with Gasteiger partial charge in [-0.25, -0.2) is 0 Å². The molecular formula is C18H21ClO2. The first-order valence-corrected chi connectivity index (χ1v) is 7.47. The lowest BCUT2D eigenvalue weighted by Gasteiger charge is -2.17. The van der Waals surface area contributed by atoms with Crippen molar-refractivity contribution < 1.29 is 9.84 Å². The van der Waals surface area contributed by atoms with Gasteiger partial charge in [0.15, 0.2) is 0 Å². The second kappa shape index (κ2) is 6.50. The van der Waals surface area contributed by atoms with Gasteiger partial charge in [-0.3, -0.25) is 0 Å². The van der Waals surface area contributed by atoms with E-state index in [-0.39, 0.29) is 6.10 Å². The number of ether oxygens (including phenoxy) is 1. The zero-order valence-electron chi connectivity index (χ0n) is 12.9. The van der Waals surface area contributed by atoms with Crippen molar-refractivity contribution in [2.45, 2.75) is 39.9 Å². The molecule has 3 heteroatoms. The molecule has 2 aromatic carbocycles. The Bertz CT molecular complexity index is 635. The molecule has 1 N–H and O–H groups in total. The van der Waals surface area contributed by atoms with Crippen molar-refractivity contribution in [1.82, 2.24) is 0 Å². The highest BCUT2D eigenvalue weighted by atomic mass is 35.5. The Morgan fingerprint density at radius 3 is 2.43 bits per heavy atom. The van der Waals surface area contributed by atoms with Gasteiger partial charge in [-0.1, -0.05) is 29.8 Å². The minimum Gasteiger partial charge on any atom is -0.491 e. The fraction of sp³-hybridized carbons (Fsp3) is 0.333. The summed E-state index contributed by atoms with van der Waals surface area (Å²) in [7, 11) is 0. The van der Waals surface area contributed by atoms with E-state index in [9.17, 15) is 5.11 Å². The molecule has 0 heterocycles. The monoisotopic (exact) mass is 304 g/mol. The number of aliphatic hydroxyl groups excluding tert-OH is 1. The molecule has 21 heavy (non-hydrogen) atoms. The molecule has 0 saturated heterocycles. The van der Waals surface area contributed by atoms with Gasteiger partial charge in [0, 0.05) is 5.02 Å². The number of hydrogen-bond acceptors (Lipinski definition) is 2. The fourth-order valence-corrected chi connectivity index (χ4v) is 2.53. The summed E-state index contributed by atoms with van der Waals surface area (Å²) in [6.07, 6.45) is -0.575. The number of halogens is 1. The van der Waals surface area contributed by atoms with Gasteiger partial charge in [-0.2, -0.15) is 0 Å². The summed E-state index contributed by atoms with van der Waals surface area (Å²) in [5.74, 6) is 0.768. The summed E-state index contributed by atoms with van der Waals surface area (Å²) in [5.41, 5.74) is 3.63. The van der Waals surface area contributed by atoms with E-state index in [2.05, 4.69) is 0 Å². The fourth-order valence-electron chi connectivity index (χ4n) is 2.31. The largest absolute Gasteiger partial charge is 0.491 e. The Balaban J connectivity index is 2.36. The van der Waals surface area contributed by atoms with Gasteiger partial charge < -0.3 is 9.84 Å². The molecule has 0 aliphatic heterocycles. The molecule has 0 spiro atoms. The molecule has 2 aromatic rings. The Morgan fingerprint density at radius 1 is 1.05 bits per heavy atom. The van der Waals surface area contributed by atoms with Crippen molar-refractivity contribution in [2.75, 3.05) is 0 Å². The lowest BCUT2D eigenvalue weighted by molar-refractivity contribution is 0.216. The minimum atomic E-state index is -0.684. The summed E-state index contributed by atoms with van der Waals surface area (Å²) in [6, 6.07) is 11.4. The first-order chi connectivity index (χ1) is 9.88. The van der Waals surface area contributed by atoms with Crippen molar-refractivity contribution >= 4 is 11.6 Å². The van der Waals surface area contributed by atoms with E-state index in [1.807, 2.05) is 64.1 Å². The number of rotatable bonds is 4. The molecule has 0 fully saturated rings. The van der Waals surface area contributed by atoms with Crippen LogP contribution in [0.5, 0.6) is 5.75 Å². The Hall–Kier alpha value is -1.51. The summed E-state index contributed by atoms with van der Waals surface area (Å²) in [4.78, 5) is 0. The van der Waals surface area contributed by atoms with Gasteiger partial charge in [-0.15, -0.1) is 0 Å². The summed E-state index contributed by atoms with van der Waals surface area (Å²) in [5, 5.41) is 11.4.